The molecule has 5 heteroatoms. The summed E-state index contributed by atoms with van der Waals surface area (Å²) in [5.74, 6) is 1.95. The summed E-state index contributed by atoms with van der Waals surface area (Å²) in [4.78, 5) is 12.5. The van der Waals surface area contributed by atoms with Gasteiger partial charge >= 0.3 is 0 Å². The van der Waals surface area contributed by atoms with Crippen molar-refractivity contribution in [2.75, 3.05) is 14.2 Å². The summed E-state index contributed by atoms with van der Waals surface area (Å²) < 4.78 is 16.5. The standard InChI is InChI=1S/C22H25NO4/c1-22(2)14-17(16-7-5-6-8-18(16)27-22)23-21(24)12-10-15-9-11-19(25-3)20(13-15)26-4/h5-13,17H,14H2,1-4H3,(H,23,24)/b12-10+. The van der Waals surface area contributed by atoms with Crippen molar-refractivity contribution < 1.29 is 19.0 Å². The molecule has 0 radical (unpaired) electrons. The molecule has 1 heterocycles. The van der Waals surface area contributed by atoms with E-state index >= 15 is 0 Å². The highest BCUT2D eigenvalue weighted by molar-refractivity contribution is 5.92. The Labute approximate surface area is 159 Å². The van der Waals surface area contributed by atoms with Gasteiger partial charge in [-0.2, -0.15) is 0 Å². The van der Waals surface area contributed by atoms with Crippen LogP contribution in [0.25, 0.3) is 6.08 Å². The quantitative estimate of drug-likeness (QED) is 0.807. The molecule has 0 bridgehead atoms. The fraction of sp³-hybridized carbons (Fsp3) is 0.318. The first-order valence-electron chi connectivity index (χ1n) is 8.90. The Morgan fingerprint density at radius 1 is 1.15 bits per heavy atom. The summed E-state index contributed by atoms with van der Waals surface area (Å²) in [7, 11) is 3.18. The smallest absolute Gasteiger partial charge is 0.244 e. The Hall–Kier alpha value is -2.95. The zero-order chi connectivity index (χ0) is 19.4. The third-order valence-corrected chi connectivity index (χ3v) is 4.53. The maximum absolute atomic E-state index is 12.5. The van der Waals surface area contributed by atoms with Crippen LogP contribution in [0.15, 0.2) is 48.5 Å². The monoisotopic (exact) mass is 367 g/mol. The van der Waals surface area contributed by atoms with Crippen molar-refractivity contribution in [1.82, 2.24) is 5.32 Å². The number of hydrogen-bond acceptors (Lipinski definition) is 4. The van der Waals surface area contributed by atoms with Crippen LogP contribution < -0.4 is 19.5 Å². The van der Waals surface area contributed by atoms with E-state index in [9.17, 15) is 4.79 Å². The Balaban J connectivity index is 1.73. The van der Waals surface area contributed by atoms with E-state index in [1.165, 1.54) is 6.08 Å². The summed E-state index contributed by atoms with van der Waals surface area (Å²) in [6.07, 6.45) is 4.00. The molecule has 5 nitrogen and oxygen atoms in total. The largest absolute Gasteiger partial charge is 0.493 e. The van der Waals surface area contributed by atoms with Gasteiger partial charge < -0.3 is 19.5 Å². The highest BCUT2D eigenvalue weighted by atomic mass is 16.5. The van der Waals surface area contributed by atoms with Crippen molar-refractivity contribution >= 4 is 12.0 Å². The molecule has 2 aromatic carbocycles. The molecule has 1 N–H and O–H groups in total. The molecule has 142 valence electrons. The van der Waals surface area contributed by atoms with Gasteiger partial charge in [-0.25, -0.2) is 0 Å². The first-order valence-corrected chi connectivity index (χ1v) is 8.90. The van der Waals surface area contributed by atoms with Crippen LogP contribution in [0.1, 0.15) is 37.4 Å². The molecule has 27 heavy (non-hydrogen) atoms. The maximum Gasteiger partial charge on any atom is 0.244 e. The van der Waals surface area contributed by atoms with Gasteiger partial charge in [-0.3, -0.25) is 4.79 Å². The van der Waals surface area contributed by atoms with Crippen LogP contribution in [0.2, 0.25) is 0 Å². The van der Waals surface area contributed by atoms with Crippen LogP contribution in [0, 0.1) is 0 Å². The van der Waals surface area contributed by atoms with Crippen molar-refractivity contribution in [3.63, 3.8) is 0 Å². The number of rotatable bonds is 5. The van der Waals surface area contributed by atoms with Crippen molar-refractivity contribution in [3.05, 3.63) is 59.7 Å². The summed E-state index contributed by atoms with van der Waals surface area (Å²) in [6.45, 7) is 4.06. The fourth-order valence-electron chi connectivity index (χ4n) is 3.28. The molecule has 0 spiro atoms. The first-order chi connectivity index (χ1) is 12.9. The lowest BCUT2D eigenvalue weighted by Crippen LogP contribution is -2.40. The van der Waals surface area contributed by atoms with Crippen LogP contribution in [0.3, 0.4) is 0 Å². The van der Waals surface area contributed by atoms with E-state index in [4.69, 9.17) is 14.2 Å². The van der Waals surface area contributed by atoms with E-state index in [0.717, 1.165) is 16.9 Å². The number of fused-ring (bicyclic) bond motifs is 1. The van der Waals surface area contributed by atoms with E-state index in [1.54, 1.807) is 20.3 Å². The van der Waals surface area contributed by atoms with Crippen molar-refractivity contribution in [1.29, 1.82) is 0 Å². The van der Waals surface area contributed by atoms with Gasteiger partial charge in [-0.1, -0.05) is 24.3 Å². The summed E-state index contributed by atoms with van der Waals surface area (Å²) in [5.41, 5.74) is 1.53. The van der Waals surface area contributed by atoms with E-state index < -0.39 is 0 Å². The van der Waals surface area contributed by atoms with Gasteiger partial charge in [0.25, 0.3) is 0 Å². The minimum atomic E-state index is -0.334. The third-order valence-electron chi connectivity index (χ3n) is 4.53. The lowest BCUT2D eigenvalue weighted by Gasteiger charge is -2.37. The van der Waals surface area contributed by atoms with Gasteiger partial charge in [0.15, 0.2) is 11.5 Å². The van der Waals surface area contributed by atoms with Gasteiger partial charge in [0.2, 0.25) is 5.91 Å². The number of methoxy groups -OCH3 is 2. The molecule has 1 atom stereocenters. The van der Waals surface area contributed by atoms with Crippen molar-refractivity contribution in [3.8, 4) is 17.2 Å². The second-order valence-electron chi connectivity index (χ2n) is 7.11. The normalized spacial score (nSPS) is 17.7. The van der Waals surface area contributed by atoms with E-state index in [-0.39, 0.29) is 17.6 Å². The lowest BCUT2D eigenvalue weighted by molar-refractivity contribution is -0.117. The average molecular weight is 367 g/mol. The molecular formula is C22H25NO4. The van der Waals surface area contributed by atoms with Gasteiger partial charge in [-0.15, -0.1) is 0 Å². The minimum absolute atomic E-state index is 0.0903. The van der Waals surface area contributed by atoms with Crippen LogP contribution in [-0.4, -0.2) is 25.7 Å². The number of hydrogen-bond donors (Lipinski definition) is 1. The highest BCUT2D eigenvalue weighted by Crippen LogP contribution is 2.39. The predicted molar refractivity (Wildman–Crippen MR) is 105 cm³/mol. The van der Waals surface area contributed by atoms with Gasteiger partial charge in [0.05, 0.1) is 20.3 Å². The molecule has 1 aliphatic rings. The third kappa shape index (κ3) is 4.42. The first kappa shape index (κ1) is 18.8. The number of amides is 1. The van der Waals surface area contributed by atoms with Gasteiger partial charge in [0.1, 0.15) is 11.4 Å². The van der Waals surface area contributed by atoms with Gasteiger partial charge in [0, 0.05) is 18.1 Å². The van der Waals surface area contributed by atoms with Crippen molar-refractivity contribution in [2.45, 2.75) is 31.9 Å². The van der Waals surface area contributed by atoms with Crippen LogP contribution in [-0.2, 0) is 4.79 Å². The van der Waals surface area contributed by atoms with E-state index in [1.807, 2.05) is 56.3 Å². The predicted octanol–water partition coefficient (Wildman–Crippen LogP) is 4.14. The molecule has 0 saturated heterocycles. The van der Waals surface area contributed by atoms with E-state index in [0.29, 0.717) is 17.9 Å². The lowest BCUT2D eigenvalue weighted by atomic mass is 9.89. The van der Waals surface area contributed by atoms with Gasteiger partial charge in [-0.05, 0) is 43.7 Å². The highest BCUT2D eigenvalue weighted by Gasteiger charge is 2.33. The SMILES string of the molecule is COc1ccc(/C=C/C(=O)NC2CC(C)(C)Oc3ccccc32)cc1OC. The molecule has 3 rings (SSSR count). The minimum Gasteiger partial charge on any atom is -0.493 e. The Bertz CT molecular complexity index is 857. The number of nitrogens with one attached hydrogen (secondary N) is 1. The molecule has 0 fully saturated rings. The zero-order valence-electron chi connectivity index (χ0n) is 16.1. The number of benzene rings is 2. The zero-order valence-corrected chi connectivity index (χ0v) is 16.1. The molecule has 1 amide bonds. The van der Waals surface area contributed by atoms with Crippen LogP contribution in [0.4, 0.5) is 0 Å². The number of para-hydroxylation sites is 1. The average Bonchev–Trinajstić information content (AvgIpc) is 2.65. The Morgan fingerprint density at radius 2 is 1.89 bits per heavy atom. The molecule has 0 aromatic heterocycles. The second-order valence-corrected chi connectivity index (χ2v) is 7.11. The molecule has 0 aliphatic carbocycles. The number of carbonyl (C=O) groups excluding carboxylic acids is 1. The summed E-state index contributed by atoms with van der Waals surface area (Å²) in [5, 5.41) is 3.09. The molecular weight excluding hydrogens is 342 g/mol. The maximum atomic E-state index is 12.5. The number of ether oxygens (including phenoxy) is 3. The van der Waals surface area contributed by atoms with Crippen molar-refractivity contribution in [2.24, 2.45) is 0 Å². The fourth-order valence-corrected chi connectivity index (χ4v) is 3.28. The second kappa shape index (κ2) is 7.74. The molecule has 0 saturated carbocycles. The van der Waals surface area contributed by atoms with Crippen LogP contribution >= 0.6 is 0 Å². The molecule has 1 aliphatic heterocycles. The topological polar surface area (TPSA) is 56.8 Å². The molecule has 2 aromatic rings. The number of carbonyl (C=O) groups is 1. The Morgan fingerprint density at radius 3 is 2.63 bits per heavy atom. The van der Waals surface area contributed by atoms with Crippen LogP contribution in [0.5, 0.6) is 17.2 Å². The van der Waals surface area contributed by atoms with E-state index in [2.05, 4.69) is 5.32 Å². The Kier molecular flexibility index (Phi) is 5.40. The summed E-state index contributed by atoms with van der Waals surface area (Å²) >= 11 is 0. The summed E-state index contributed by atoms with van der Waals surface area (Å²) in [6, 6.07) is 13.3. The molecule has 1 unspecified atom stereocenters.